The second-order valence-electron chi connectivity index (χ2n) is 5.38. The molecule has 132 valence electrons. The number of hydrogen-bond acceptors (Lipinski definition) is 4. The molecule has 0 aliphatic carbocycles. The van der Waals surface area contributed by atoms with Gasteiger partial charge in [0.05, 0.1) is 13.2 Å². The summed E-state index contributed by atoms with van der Waals surface area (Å²) < 4.78 is 5.31. The standard InChI is InChI=1S/C15H22ClN5OS2/c1-11-2-3-12(10-13(11)16)18-15(24)20-19-14(23)17-4-5-21-6-8-22-9-7-21/h2-3,10H,4-9H2,1H3,(H2,17,19,23)(H2,18,20,24). The number of hydrazine groups is 1. The largest absolute Gasteiger partial charge is 0.379 e. The van der Waals surface area contributed by atoms with Crippen molar-refractivity contribution in [2.24, 2.45) is 0 Å². The van der Waals surface area contributed by atoms with Crippen molar-refractivity contribution in [3.63, 3.8) is 0 Å². The Morgan fingerprint density at radius 1 is 1.21 bits per heavy atom. The Bertz CT molecular complexity index is 581. The summed E-state index contributed by atoms with van der Waals surface area (Å²) in [4.78, 5) is 2.33. The van der Waals surface area contributed by atoms with Crippen molar-refractivity contribution in [2.75, 3.05) is 44.7 Å². The normalized spacial score (nSPS) is 14.8. The first-order valence-electron chi connectivity index (χ1n) is 7.71. The van der Waals surface area contributed by atoms with E-state index >= 15 is 0 Å². The molecule has 6 nitrogen and oxygen atoms in total. The van der Waals surface area contributed by atoms with Crippen molar-refractivity contribution < 1.29 is 4.74 Å². The van der Waals surface area contributed by atoms with Gasteiger partial charge in [0.15, 0.2) is 10.2 Å². The molecule has 24 heavy (non-hydrogen) atoms. The van der Waals surface area contributed by atoms with E-state index in [1.54, 1.807) is 0 Å². The van der Waals surface area contributed by atoms with Crippen LogP contribution in [-0.2, 0) is 4.74 Å². The fourth-order valence-electron chi connectivity index (χ4n) is 2.14. The van der Waals surface area contributed by atoms with Gasteiger partial charge in [0, 0.05) is 36.9 Å². The minimum absolute atomic E-state index is 0.409. The van der Waals surface area contributed by atoms with Gasteiger partial charge in [-0.3, -0.25) is 15.8 Å². The van der Waals surface area contributed by atoms with Crippen molar-refractivity contribution in [3.05, 3.63) is 28.8 Å². The molecule has 0 bridgehead atoms. The Morgan fingerprint density at radius 2 is 1.92 bits per heavy atom. The molecular weight excluding hydrogens is 366 g/mol. The third kappa shape index (κ3) is 6.74. The zero-order valence-electron chi connectivity index (χ0n) is 13.5. The van der Waals surface area contributed by atoms with Gasteiger partial charge in [0.2, 0.25) is 0 Å². The van der Waals surface area contributed by atoms with E-state index < -0.39 is 0 Å². The van der Waals surface area contributed by atoms with Crippen molar-refractivity contribution >= 4 is 51.9 Å². The average Bonchev–Trinajstić information content (AvgIpc) is 2.57. The molecule has 9 heteroatoms. The number of benzene rings is 1. The van der Waals surface area contributed by atoms with Crippen molar-refractivity contribution in [3.8, 4) is 0 Å². The lowest BCUT2D eigenvalue weighted by Crippen LogP contribution is -2.50. The zero-order valence-corrected chi connectivity index (χ0v) is 15.9. The fourth-order valence-corrected chi connectivity index (χ4v) is 2.65. The molecule has 0 aromatic heterocycles. The van der Waals surface area contributed by atoms with Crippen molar-refractivity contribution in [1.29, 1.82) is 0 Å². The third-order valence-corrected chi connectivity index (χ3v) is 4.39. The zero-order chi connectivity index (χ0) is 17.4. The molecule has 1 saturated heterocycles. The van der Waals surface area contributed by atoms with E-state index in [-0.39, 0.29) is 0 Å². The molecular formula is C15H22ClN5OS2. The highest BCUT2D eigenvalue weighted by Crippen LogP contribution is 2.19. The number of halogens is 1. The summed E-state index contributed by atoms with van der Waals surface area (Å²) >= 11 is 16.5. The maximum absolute atomic E-state index is 6.08. The van der Waals surface area contributed by atoms with Crippen LogP contribution in [-0.4, -0.2) is 54.5 Å². The molecule has 1 aliphatic heterocycles. The SMILES string of the molecule is Cc1ccc(NC(=S)NNC(=S)NCCN2CCOCC2)cc1Cl. The van der Waals surface area contributed by atoms with Gasteiger partial charge >= 0.3 is 0 Å². The number of hydrogen-bond donors (Lipinski definition) is 4. The molecule has 4 N–H and O–H groups in total. The van der Waals surface area contributed by atoms with Gasteiger partial charge in [-0.1, -0.05) is 17.7 Å². The average molecular weight is 388 g/mol. The van der Waals surface area contributed by atoms with E-state index in [1.165, 1.54) is 0 Å². The van der Waals surface area contributed by atoms with Gasteiger partial charge in [-0.2, -0.15) is 0 Å². The monoisotopic (exact) mass is 387 g/mol. The first-order chi connectivity index (χ1) is 11.5. The number of anilines is 1. The molecule has 1 aromatic rings. The minimum Gasteiger partial charge on any atom is -0.379 e. The van der Waals surface area contributed by atoms with Crippen LogP contribution in [0.4, 0.5) is 5.69 Å². The molecule has 0 atom stereocenters. The maximum atomic E-state index is 6.08. The van der Waals surface area contributed by atoms with Gasteiger partial charge in [0.1, 0.15) is 0 Å². The van der Waals surface area contributed by atoms with Crippen molar-refractivity contribution in [2.45, 2.75) is 6.92 Å². The predicted molar refractivity (Wildman–Crippen MR) is 107 cm³/mol. The summed E-state index contributed by atoms with van der Waals surface area (Å²) in [6.45, 7) is 7.17. The molecule has 1 aromatic carbocycles. The van der Waals surface area contributed by atoms with Crippen LogP contribution in [0.25, 0.3) is 0 Å². The Hall–Kier alpha value is -1.19. The molecule has 1 fully saturated rings. The number of thiocarbonyl (C=S) groups is 2. The second-order valence-corrected chi connectivity index (χ2v) is 6.60. The van der Waals surface area contributed by atoms with Crippen LogP contribution in [0.2, 0.25) is 5.02 Å². The first kappa shape index (κ1) is 19.1. The van der Waals surface area contributed by atoms with Crippen LogP contribution in [0, 0.1) is 6.92 Å². The van der Waals surface area contributed by atoms with Crippen LogP contribution >= 0.6 is 36.0 Å². The number of nitrogens with zero attached hydrogens (tertiary/aromatic N) is 1. The fraction of sp³-hybridized carbons (Fsp3) is 0.467. The lowest BCUT2D eigenvalue weighted by atomic mass is 10.2. The molecule has 2 rings (SSSR count). The van der Waals surface area contributed by atoms with E-state index in [0.29, 0.717) is 15.2 Å². The molecule has 0 spiro atoms. The van der Waals surface area contributed by atoms with Crippen LogP contribution in [0.15, 0.2) is 18.2 Å². The Balaban J connectivity index is 1.61. The minimum atomic E-state index is 0.409. The number of morpholine rings is 1. The number of rotatable bonds is 4. The Morgan fingerprint density at radius 3 is 2.62 bits per heavy atom. The Kier molecular flexibility index (Phi) is 7.93. The first-order valence-corrected chi connectivity index (χ1v) is 8.91. The lowest BCUT2D eigenvalue weighted by molar-refractivity contribution is 0.0389. The quantitative estimate of drug-likeness (QED) is 0.459. The molecule has 1 aliphatic rings. The smallest absolute Gasteiger partial charge is 0.189 e. The van der Waals surface area contributed by atoms with E-state index in [2.05, 4.69) is 26.4 Å². The highest BCUT2D eigenvalue weighted by molar-refractivity contribution is 7.80. The van der Waals surface area contributed by atoms with Crippen LogP contribution in [0.3, 0.4) is 0 Å². The summed E-state index contributed by atoms with van der Waals surface area (Å²) in [6.07, 6.45) is 0. The highest BCUT2D eigenvalue weighted by atomic mass is 35.5. The van der Waals surface area contributed by atoms with Gasteiger partial charge in [-0.15, -0.1) is 0 Å². The molecule has 0 unspecified atom stereocenters. The van der Waals surface area contributed by atoms with E-state index in [1.807, 2.05) is 25.1 Å². The summed E-state index contributed by atoms with van der Waals surface area (Å²) in [5.41, 5.74) is 7.53. The lowest BCUT2D eigenvalue weighted by Gasteiger charge is -2.26. The van der Waals surface area contributed by atoms with Crippen LogP contribution in [0.1, 0.15) is 5.56 Å². The van der Waals surface area contributed by atoms with Crippen molar-refractivity contribution in [1.82, 2.24) is 21.1 Å². The van der Waals surface area contributed by atoms with Gasteiger partial charge in [-0.05, 0) is 49.1 Å². The van der Waals surface area contributed by atoms with Crippen LogP contribution in [0.5, 0.6) is 0 Å². The van der Waals surface area contributed by atoms with Gasteiger partial charge in [-0.25, -0.2) is 0 Å². The highest BCUT2D eigenvalue weighted by Gasteiger charge is 2.09. The number of ether oxygens (including phenoxy) is 1. The predicted octanol–water partition coefficient (Wildman–Crippen LogP) is 1.65. The molecule has 0 saturated carbocycles. The summed E-state index contributed by atoms with van der Waals surface area (Å²) in [5, 5.41) is 7.76. The third-order valence-electron chi connectivity index (χ3n) is 3.54. The van der Waals surface area contributed by atoms with E-state index in [9.17, 15) is 0 Å². The summed E-state index contributed by atoms with van der Waals surface area (Å²) in [6, 6.07) is 5.66. The van der Waals surface area contributed by atoms with Gasteiger partial charge < -0.3 is 15.4 Å². The summed E-state index contributed by atoms with van der Waals surface area (Å²) in [5.74, 6) is 0. The Labute approximate surface area is 158 Å². The van der Waals surface area contributed by atoms with Crippen LogP contribution < -0.4 is 21.5 Å². The van der Waals surface area contributed by atoms with Gasteiger partial charge in [0.25, 0.3) is 0 Å². The maximum Gasteiger partial charge on any atom is 0.189 e. The van der Waals surface area contributed by atoms with E-state index in [4.69, 9.17) is 40.8 Å². The number of nitrogens with one attached hydrogen (secondary N) is 4. The topological polar surface area (TPSA) is 60.6 Å². The molecule has 0 amide bonds. The molecule has 1 heterocycles. The summed E-state index contributed by atoms with van der Waals surface area (Å²) in [7, 11) is 0. The second kappa shape index (κ2) is 9.95. The molecule has 0 radical (unpaired) electrons. The number of aryl methyl sites for hydroxylation is 1. The van der Waals surface area contributed by atoms with E-state index in [0.717, 1.165) is 50.6 Å².